The molecular weight excluding hydrogens is 396 g/mol. The number of amides is 1. The van der Waals surface area contributed by atoms with Crippen molar-refractivity contribution in [1.82, 2.24) is 15.5 Å². The summed E-state index contributed by atoms with van der Waals surface area (Å²) in [6.45, 7) is 7.51. The van der Waals surface area contributed by atoms with E-state index in [4.69, 9.17) is 18.9 Å². The number of rotatable bonds is 8. The summed E-state index contributed by atoms with van der Waals surface area (Å²) in [5.41, 5.74) is 3.33. The highest BCUT2D eigenvalue weighted by Gasteiger charge is 2.21. The van der Waals surface area contributed by atoms with E-state index in [1.807, 2.05) is 6.92 Å². The summed E-state index contributed by atoms with van der Waals surface area (Å²) in [7, 11) is 3.32. The maximum absolute atomic E-state index is 12.1. The number of benzene rings is 1. The molecule has 0 unspecified atom stereocenters. The van der Waals surface area contributed by atoms with Crippen LogP contribution in [-0.2, 0) is 13.0 Å². The Hall–Kier alpha value is -3.16. The number of aryl methyl sites for hydroxylation is 1. The second-order valence-corrected chi connectivity index (χ2v) is 7.43. The lowest BCUT2D eigenvalue weighted by molar-refractivity contribution is 0.0925. The Morgan fingerprint density at radius 2 is 1.94 bits per heavy atom. The Morgan fingerprint density at radius 1 is 1.19 bits per heavy atom. The van der Waals surface area contributed by atoms with Crippen LogP contribution in [0.2, 0.25) is 0 Å². The lowest BCUT2D eigenvalue weighted by Gasteiger charge is -2.32. The third-order valence-electron chi connectivity index (χ3n) is 5.30. The van der Waals surface area contributed by atoms with Crippen LogP contribution < -0.4 is 20.1 Å². The third-order valence-corrected chi connectivity index (χ3v) is 5.30. The van der Waals surface area contributed by atoms with E-state index in [-0.39, 0.29) is 5.91 Å². The van der Waals surface area contributed by atoms with Crippen molar-refractivity contribution in [1.29, 1.82) is 0 Å². The van der Waals surface area contributed by atoms with Crippen molar-refractivity contribution >= 4 is 11.9 Å². The van der Waals surface area contributed by atoms with E-state index in [1.165, 1.54) is 17.4 Å². The number of hydrogen-bond donors (Lipinski definition) is 2. The van der Waals surface area contributed by atoms with E-state index < -0.39 is 0 Å². The van der Waals surface area contributed by atoms with Gasteiger partial charge in [-0.1, -0.05) is 0 Å². The minimum absolute atomic E-state index is 0.185. The summed E-state index contributed by atoms with van der Waals surface area (Å²) >= 11 is 0. The van der Waals surface area contributed by atoms with E-state index in [9.17, 15) is 4.79 Å². The molecule has 2 N–H and O–H groups in total. The van der Waals surface area contributed by atoms with Crippen LogP contribution in [0.4, 0.5) is 0 Å². The Kier molecular flexibility index (Phi) is 7.81. The van der Waals surface area contributed by atoms with Crippen molar-refractivity contribution in [2.75, 3.05) is 40.4 Å². The highest BCUT2D eigenvalue weighted by Crippen LogP contribution is 2.33. The van der Waals surface area contributed by atoms with Gasteiger partial charge in [-0.25, -0.2) is 0 Å². The van der Waals surface area contributed by atoms with Gasteiger partial charge in [0.25, 0.3) is 5.91 Å². The van der Waals surface area contributed by atoms with Gasteiger partial charge in [0.2, 0.25) is 0 Å². The molecule has 1 amide bonds. The van der Waals surface area contributed by atoms with E-state index in [1.54, 1.807) is 20.3 Å². The molecule has 31 heavy (non-hydrogen) atoms. The molecule has 0 saturated heterocycles. The minimum Gasteiger partial charge on any atom is -0.493 e. The molecule has 3 rings (SSSR count). The van der Waals surface area contributed by atoms with Gasteiger partial charge in [0.05, 0.1) is 20.5 Å². The molecule has 0 bridgehead atoms. The number of nitrogens with one attached hydrogen (secondary N) is 2. The molecule has 1 aliphatic rings. The van der Waals surface area contributed by atoms with Crippen LogP contribution in [0.1, 0.15) is 40.6 Å². The van der Waals surface area contributed by atoms with E-state index in [0.29, 0.717) is 18.8 Å². The highest BCUT2D eigenvalue weighted by atomic mass is 16.5. The van der Waals surface area contributed by atoms with E-state index >= 15 is 0 Å². The summed E-state index contributed by atoms with van der Waals surface area (Å²) in [6, 6.07) is 5.90. The van der Waals surface area contributed by atoms with Crippen molar-refractivity contribution in [2.45, 2.75) is 33.2 Å². The molecule has 1 aromatic heterocycles. The topological polar surface area (TPSA) is 88.3 Å². The molecule has 2 heterocycles. The van der Waals surface area contributed by atoms with Gasteiger partial charge in [-0.05, 0) is 56.0 Å². The standard InChI is InChI=1S/C23H32N4O4/c1-5-24-23(26-10-6-9-25-22(28)21-16(2)8-12-31-21)27-11-7-17-13-19(29-3)20(30-4)14-18(17)15-27/h8,12-14H,5-7,9-11,15H2,1-4H3,(H,24,26)(H,25,28). The first-order valence-electron chi connectivity index (χ1n) is 10.7. The van der Waals surface area contributed by atoms with Gasteiger partial charge in [-0.3, -0.25) is 9.79 Å². The van der Waals surface area contributed by atoms with E-state index in [0.717, 1.165) is 55.5 Å². The number of aliphatic imine (C=N–C) groups is 1. The number of fused-ring (bicyclic) bond motifs is 1. The van der Waals surface area contributed by atoms with Crippen LogP contribution in [0.3, 0.4) is 0 Å². The number of guanidine groups is 1. The summed E-state index contributed by atoms with van der Waals surface area (Å²) in [6.07, 6.45) is 3.19. The minimum atomic E-state index is -0.185. The maximum atomic E-state index is 12.1. The molecule has 0 spiro atoms. The second kappa shape index (κ2) is 10.7. The molecule has 0 radical (unpaired) electrons. The molecule has 1 aliphatic heterocycles. The molecular formula is C23H32N4O4. The highest BCUT2D eigenvalue weighted by molar-refractivity contribution is 5.92. The molecule has 8 heteroatoms. The van der Waals surface area contributed by atoms with Crippen LogP contribution in [0.15, 0.2) is 33.9 Å². The number of carbonyl (C=O) groups excluding carboxylic acids is 1. The first kappa shape index (κ1) is 22.5. The first-order valence-corrected chi connectivity index (χ1v) is 10.7. The Balaban J connectivity index is 1.57. The smallest absolute Gasteiger partial charge is 0.287 e. The molecule has 168 valence electrons. The van der Waals surface area contributed by atoms with Gasteiger partial charge < -0.3 is 29.4 Å². The SMILES string of the molecule is CCNC(=NCCCNC(=O)c1occc1C)N1CCc2cc(OC)c(OC)cc2C1. The quantitative estimate of drug-likeness (QED) is 0.382. The van der Waals surface area contributed by atoms with Crippen LogP contribution in [0.25, 0.3) is 0 Å². The van der Waals surface area contributed by atoms with Crippen LogP contribution in [0, 0.1) is 6.92 Å². The fourth-order valence-corrected chi connectivity index (χ4v) is 3.64. The molecule has 0 fully saturated rings. The molecule has 8 nitrogen and oxygen atoms in total. The van der Waals surface area contributed by atoms with Crippen LogP contribution in [-0.4, -0.2) is 57.2 Å². The number of furan rings is 1. The average Bonchev–Trinajstić information content (AvgIpc) is 3.22. The van der Waals surface area contributed by atoms with Crippen molar-refractivity contribution in [3.8, 4) is 11.5 Å². The molecule has 0 aliphatic carbocycles. The number of methoxy groups -OCH3 is 2. The fourth-order valence-electron chi connectivity index (χ4n) is 3.64. The number of carbonyl (C=O) groups is 1. The third kappa shape index (κ3) is 5.51. The monoisotopic (exact) mass is 428 g/mol. The van der Waals surface area contributed by atoms with Gasteiger partial charge in [0.15, 0.2) is 23.2 Å². The zero-order chi connectivity index (χ0) is 22.2. The summed E-state index contributed by atoms with van der Waals surface area (Å²) in [5.74, 6) is 2.58. The first-order chi connectivity index (χ1) is 15.1. The van der Waals surface area contributed by atoms with Gasteiger partial charge in [0.1, 0.15) is 0 Å². The lowest BCUT2D eigenvalue weighted by Crippen LogP contribution is -2.44. The number of hydrogen-bond acceptors (Lipinski definition) is 5. The zero-order valence-electron chi connectivity index (χ0n) is 18.8. The van der Waals surface area contributed by atoms with Gasteiger partial charge >= 0.3 is 0 Å². The van der Waals surface area contributed by atoms with Crippen LogP contribution in [0.5, 0.6) is 11.5 Å². The lowest BCUT2D eigenvalue weighted by atomic mass is 9.99. The fraction of sp³-hybridized carbons (Fsp3) is 0.478. The normalized spacial score (nSPS) is 13.5. The van der Waals surface area contributed by atoms with E-state index in [2.05, 4.69) is 34.6 Å². The molecule has 1 aromatic carbocycles. The summed E-state index contributed by atoms with van der Waals surface area (Å²) < 4.78 is 16.1. The molecule has 2 aromatic rings. The van der Waals surface area contributed by atoms with Crippen molar-refractivity contribution in [3.05, 3.63) is 46.9 Å². The summed E-state index contributed by atoms with van der Waals surface area (Å²) in [4.78, 5) is 19.1. The van der Waals surface area contributed by atoms with Crippen molar-refractivity contribution in [2.24, 2.45) is 4.99 Å². The second-order valence-electron chi connectivity index (χ2n) is 7.43. The van der Waals surface area contributed by atoms with Crippen molar-refractivity contribution in [3.63, 3.8) is 0 Å². The number of nitrogens with zero attached hydrogens (tertiary/aromatic N) is 2. The zero-order valence-corrected chi connectivity index (χ0v) is 18.8. The van der Waals surface area contributed by atoms with Crippen LogP contribution >= 0.6 is 0 Å². The largest absolute Gasteiger partial charge is 0.493 e. The van der Waals surface area contributed by atoms with Crippen molar-refractivity contribution < 1.29 is 18.7 Å². The summed E-state index contributed by atoms with van der Waals surface area (Å²) in [5, 5.41) is 6.27. The Morgan fingerprint density at radius 3 is 2.58 bits per heavy atom. The number of ether oxygens (including phenoxy) is 2. The molecule has 0 saturated carbocycles. The Bertz CT molecular complexity index is 922. The van der Waals surface area contributed by atoms with Gasteiger partial charge in [-0.2, -0.15) is 0 Å². The predicted octanol–water partition coefficient (Wildman–Crippen LogP) is 2.75. The molecule has 0 atom stereocenters. The van der Waals surface area contributed by atoms with Gasteiger partial charge in [0, 0.05) is 38.3 Å². The predicted molar refractivity (Wildman–Crippen MR) is 120 cm³/mol. The maximum Gasteiger partial charge on any atom is 0.287 e. The van der Waals surface area contributed by atoms with Gasteiger partial charge in [-0.15, -0.1) is 0 Å². The Labute approximate surface area is 183 Å². The average molecular weight is 429 g/mol.